The Morgan fingerprint density at radius 2 is 0.879 bits per heavy atom. The molecule has 0 saturated carbocycles. The number of aliphatic hydroxyl groups excluding tert-OH is 3. The van der Waals surface area contributed by atoms with Gasteiger partial charge in [0.1, 0.15) is 36.8 Å². The second-order valence-electron chi connectivity index (χ2n) is 19.3. The zero-order chi connectivity index (χ0) is 48.4. The molecule has 0 amide bonds. The Labute approximate surface area is 403 Å². The minimum Gasteiger partial charge on any atom is -0.462 e. The van der Waals surface area contributed by atoms with Crippen molar-refractivity contribution in [3.63, 3.8) is 0 Å². The molecule has 0 aromatic heterocycles. The summed E-state index contributed by atoms with van der Waals surface area (Å²) >= 11 is 0. The van der Waals surface area contributed by atoms with Crippen LogP contribution in [0.4, 0.5) is 0 Å². The summed E-state index contributed by atoms with van der Waals surface area (Å²) in [5.74, 6) is -2.00. The van der Waals surface area contributed by atoms with Crippen LogP contribution in [0.2, 0.25) is 0 Å². The molecule has 1 heterocycles. The molecule has 0 aromatic carbocycles. The lowest BCUT2D eigenvalue weighted by Crippen LogP contribution is -2.60. The minimum atomic E-state index is -4.61. The Morgan fingerprint density at radius 3 is 1.30 bits per heavy atom. The van der Waals surface area contributed by atoms with E-state index in [4.69, 9.17) is 18.9 Å². The SMILES string of the molecule is CCCCCCCCCCCCCCCCCCCC/C=C/CCCC(=O)O[C@H](COC(=O)CCCCCCCCCCCCCCCCC)CO[C@H]1O[C@H](CS(=O)(=O)O)[C@@H](O)C(O)C1O. The highest BCUT2D eigenvalue weighted by molar-refractivity contribution is 7.85. The van der Waals surface area contributed by atoms with Crippen LogP contribution in [0.3, 0.4) is 0 Å². The molecule has 2 unspecified atom stereocenters. The molecule has 1 rings (SSSR count). The van der Waals surface area contributed by atoms with E-state index in [9.17, 15) is 37.9 Å². The van der Waals surface area contributed by atoms with Crippen LogP contribution in [0.1, 0.15) is 258 Å². The van der Waals surface area contributed by atoms with Crippen LogP contribution < -0.4 is 0 Å². The molecule has 66 heavy (non-hydrogen) atoms. The van der Waals surface area contributed by atoms with Gasteiger partial charge in [0.25, 0.3) is 10.1 Å². The third-order valence-electron chi connectivity index (χ3n) is 12.8. The average Bonchev–Trinajstić information content (AvgIpc) is 3.28. The topological polar surface area (TPSA) is 186 Å². The van der Waals surface area contributed by atoms with Crippen LogP contribution in [-0.4, -0.2) is 96.0 Å². The van der Waals surface area contributed by atoms with Crippen molar-refractivity contribution in [1.82, 2.24) is 0 Å². The molecule has 390 valence electrons. The van der Waals surface area contributed by atoms with Crippen molar-refractivity contribution >= 4 is 22.1 Å². The third-order valence-corrected chi connectivity index (χ3v) is 13.6. The van der Waals surface area contributed by atoms with E-state index in [0.29, 0.717) is 19.3 Å². The van der Waals surface area contributed by atoms with E-state index in [-0.39, 0.29) is 19.4 Å². The van der Waals surface area contributed by atoms with Gasteiger partial charge in [-0.1, -0.05) is 225 Å². The van der Waals surface area contributed by atoms with Crippen molar-refractivity contribution in [2.24, 2.45) is 0 Å². The average molecular weight is 961 g/mol. The Kier molecular flexibility index (Phi) is 41.0. The Morgan fingerprint density at radius 1 is 0.500 bits per heavy atom. The van der Waals surface area contributed by atoms with Crippen molar-refractivity contribution in [2.75, 3.05) is 19.0 Å². The maximum absolute atomic E-state index is 12.9. The van der Waals surface area contributed by atoms with E-state index in [0.717, 1.165) is 32.1 Å². The summed E-state index contributed by atoms with van der Waals surface area (Å²) in [5.41, 5.74) is 0. The van der Waals surface area contributed by atoms with Crippen molar-refractivity contribution in [3.8, 4) is 0 Å². The normalized spacial score (nSPS) is 19.4. The first-order valence-electron chi connectivity index (χ1n) is 27.2. The van der Waals surface area contributed by atoms with E-state index < -0.39 is 71.2 Å². The van der Waals surface area contributed by atoms with Crippen LogP contribution in [0.25, 0.3) is 0 Å². The number of carbonyl (C=O) groups excluding carboxylic acids is 2. The maximum Gasteiger partial charge on any atom is 0.306 e. The van der Waals surface area contributed by atoms with E-state index in [2.05, 4.69) is 26.0 Å². The molecule has 13 heteroatoms. The molecule has 4 N–H and O–H groups in total. The number of allylic oxidation sites excluding steroid dienone is 2. The van der Waals surface area contributed by atoms with Crippen molar-refractivity contribution < 1.29 is 56.8 Å². The first kappa shape index (κ1) is 62.4. The zero-order valence-corrected chi connectivity index (χ0v) is 42.9. The van der Waals surface area contributed by atoms with Crippen molar-refractivity contribution in [3.05, 3.63) is 12.2 Å². The van der Waals surface area contributed by atoms with Gasteiger partial charge >= 0.3 is 11.9 Å². The van der Waals surface area contributed by atoms with Gasteiger partial charge in [-0.15, -0.1) is 0 Å². The molecular formula is C53H100O12S. The molecule has 6 atom stereocenters. The highest BCUT2D eigenvalue weighted by atomic mass is 32.2. The maximum atomic E-state index is 12.9. The number of carbonyl (C=O) groups is 2. The van der Waals surface area contributed by atoms with Crippen LogP contribution in [0.5, 0.6) is 0 Å². The Balaban J connectivity index is 2.33. The number of rotatable bonds is 47. The van der Waals surface area contributed by atoms with E-state index in [1.807, 2.05) is 0 Å². The highest BCUT2D eigenvalue weighted by Crippen LogP contribution is 2.24. The van der Waals surface area contributed by atoms with Gasteiger partial charge in [-0.2, -0.15) is 8.42 Å². The van der Waals surface area contributed by atoms with Crippen molar-refractivity contribution in [2.45, 2.75) is 295 Å². The summed E-state index contributed by atoms with van der Waals surface area (Å²) < 4.78 is 54.2. The highest BCUT2D eigenvalue weighted by Gasteiger charge is 2.46. The second-order valence-corrected chi connectivity index (χ2v) is 20.8. The molecular weight excluding hydrogens is 861 g/mol. The van der Waals surface area contributed by atoms with Gasteiger partial charge in [0, 0.05) is 12.8 Å². The smallest absolute Gasteiger partial charge is 0.306 e. The summed E-state index contributed by atoms with van der Waals surface area (Å²) in [6.45, 7) is 3.79. The largest absolute Gasteiger partial charge is 0.462 e. The standard InChI is InChI=1S/C53H100O12S/c1-3-5-7-9-11-13-15-17-19-20-21-22-23-24-25-26-28-30-32-34-36-38-40-42-49(55)64-46(44-63-53-52(58)51(57)50(56)47(65-53)45-66(59,60)61)43-62-48(54)41-39-37-35-33-31-29-27-18-16-14-12-10-8-6-4-2/h34,36,46-47,50-53,56-58H,3-33,35,37-45H2,1-2H3,(H,59,60,61)/b36-34+/t46-,47-,50-,51?,52?,53+/m1/s1. The first-order valence-corrected chi connectivity index (χ1v) is 28.9. The quantitative estimate of drug-likeness (QED) is 0.0196. The lowest BCUT2D eigenvalue weighted by atomic mass is 10.00. The van der Waals surface area contributed by atoms with E-state index in [1.54, 1.807) is 0 Å². The van der Waals surface area contributed by atoms with Crippen molar-refractivity contribution in [1.29, 1.82) is 0 Å². The first-order chi connectivity index (χ1) is 32.0. The molecule has 1 aliphatic heterocycles. The third kappa shape index (κ3) is 37.3. The monoisotopic (exact) mass is 961 g/mol. The summed E-state index contributed by atoms with van der Waals surface area (Å²) in [7, 11) is -4.61. The van der Waals surface area contributed by atoms with Crippen LogP contribution in [0, 0.1) is 0 Å². The van der Waals surface area contributed by atoms with Crippen LogP contribution in [0.15, 0.2) is 12.2 Å². The summed E-state index contributed by atoms with van der Waals surface area (Å²) in [6.07, 6.45) is 39.8. The summed E-state index contributed by atoms with van der Waals surface area (Å²) in [5, 5.41) is 31.0. The summed E-state index contributed by atoms with van der Waals surface area (Å²) in [6, 6.07) is 0. The number of hydrogen-bond acceptors (Lipinski definition) is 11. The molecule has 12 nitrogen and oxygen atoms in total. The van der Waals surface area contributed by atoms with E-state index in [1.165, 1.54) is 180 Å². The van der Waals surface area contributed by atoms with Gasteiger partial charge in [-0.05, 0) is 32.1 Å². The van der Waals surface area contributed by atoms with Gasteiger partial charge in [-0.25, -0.2) is 0 Å². The Bertz CT molecular complexity index is 1260. The van der Waals surface area contributed by atoms with Gasteiger partial charge in [0.05, 0.1) is 6.61 Å². The van der Waals surface area contributed by atoms with Crippen LogP contribution >= 0.6 is 0 Å². The predicted octanol–water partition coefficient (Wildman–Crippen LogP) is 12.6. The molecule has 0 radical (unpaired) electrons. The number of hydrogen-bond donors (Lipinski definition) is 4. The molecule has 0 bridgehead atoms. The van der Waals surface area contributed by atoms with Gasteiger partial charge < -0.3 is 34.3 Å². The zero-order valence-electron chi connectivity index (χ0n) is 42.1. The van der Waals surface area contributed by atoms with Gasteiger partial charge in [-0.3, -0.25) is 14.1 Å². The number of aliphatic hydroxyl groups is 3. The predicted molar refractivity (Wildman–Crippen MR) is 266 cm³/mol. The molecule has 0 aromatic rings. The summed E-state index contributed by atoms with van der Waals surface area (Å²) in [4.78, 5) is 25.5. The minimum absolute atomic E-state index is 0.122. The molecule has 0 aliphatic carbocycles. The lowest BCUT2D eigenvalue weighted by molar-refractivity contribution is -0.297. The number of ether oxygens (including phenoxy) is 4. The fourth-order valence-electron chi connectivity index (χ4n) is 8.63. The molecule has 1 saturated heterocycles. The van der Waals surface area contributed by atoms with Gasteiger partial charge in [0.15, 0.2) is 12.4 Å². The fraction of sp³-hybridized carbons (Fsp3) is 0.925. The van der Waals surface area contributed by atoms with Gasteiger partial charge in [0.2, 0.25) is 0 Å². The molecule has 0 spiro atoms. The van der Waals surface area contributed by atoms with E-state index >= 15 is 0 Å². The number of unbranched alkanes of at least 4 members (excludes halogenated alkanes) is 33. The number of esters is 2. The fourth-order valence-corrected chi connectivity index (χ4v) is 9.32. The molecule has 1 aliphatic rings. The second kappa shape index (κ2) is 43.4. The Hall–Kier alpha value is -1.61. The lowest BCUT2D eigenvalue weighted by Gasteiger charge is -2.40. The van der Waals surface area contributed by atoms with Crippen LogP contribution in [-0.2, 0) is 38.7 Å². The molecule has 1 fully saturated rings.